The summed E-state index contributed by atoms with van der Waals surface area (Å²) in [5.74, 6) is -0.706. The molecule has 0 aliphatic carbocycles. The van der Waals surface area contributed by atoms with Crippen molar-refractivity contribution in [3.63, 3.8) is 0 Å². The Hall–Kier alpha value is -1.36. The molecule has 1 N–H and O–H groups in total. The van der Waals surface area contributed by atoms with Gasteiger partial charge in [-0.25, -0.2) is 0 Å². The number of nitrogens with zero attached hydrogens (tertiary/aromatic N) is 1. The molecular weight excluding hydrogens is 274 g/mol. The number of carboxylic acid groups (broad SMARTS) is 1. The smallest absolute Gasteiger partial charge is 0.308 e. The van der Waals surface area contributed by atoms with Crippen molar-refractivity contribution in [2.45, 2.75) is 39.2 Å². The minimum Gasteiger partial charge on any atom is -0.481 e. The van der Waals surface area contributed by atoms with E-state index in [1.165, 1.54) is 11.3 Å². The van der Waals surface area contributed by atoms with Crippen molar-refractivity contribution < 1.29 is 14.7 Å². The monoisotopic (exact) mass is 295 g/mol. The van der Waals surface area contributed by atoms with Crippen molar-refractivity contribution in [1.82, 2.24) is 4.90 Å². The summed E-state index contributed by atoms with van der Waals surface area (Å²) in [6.45, 7) is 4.87. The van der Waals surface area contributed by atoms with Gasteiger partial charge in [0.25, 0.3) is 0 Å². The van der Waals surface area contributed by atoms with Crippen molar-refractivity contribution in [3.8, 4) is 0 Å². The summed E-state index contributed by atoms with van der Waals surface area (Å²) in [5.41, 5.74) is 0. The highest BCUT2D eigenvalue weighted by molar-refractivity contribution is 7.10. The van der Waals surface area contributed by atoms with Crippen molar-refractivity contribution in [2.75, 3.05) is 6.54 Å². The summed E-state index contributed by atoms with van der Waals surface area (Å²) in [5, 5.41) is 11.4. The first kappa shape index (κ1) is 15.0. The van der Waals surface area contributed by atoms with Crippen molar-refractivity contribution in [2.24, 2.45) is 11.8 Å². The molecule has 0 aromatic carbocycles. The molecule has 1 saturated heterocycles. The van der Waals surface area contributed by atoms with Gasteiger partial charge < -0.3 is 10.0 Å². The Bertz CT molecular complexity index is 469. The Morgan fingerprint density at radius 1 is 1.55 bits per heavy atom. The largest absolute Gasteiger partial charge is 0.481 e. The highest BCUT2D eigenvalue weighted by atomic mass is 32.1. The van der Waals surface area contributed by atoms with Crippen LogP contribution >= 0.6 is 11.3 Å². The molecule has 1 fully saturated rings. The van der Waals surface area contributed by atoms with Gasteiger partial charge in [0.05, 0.1) is 12.0 Å². The number of carbonyl (C=O) groups is 2. The number of carboxylic acids is 1. The maximum absolute atomic E-state index is 12.2. The van der Waals surface area contributed by atoms with E-state index in [0.717, 1.165) is 11.3 Å². The van der Waals surface area contributed by atoms with Gasteiger partial charge in [-0.2, -0.15) is 0 Å². The first-order valence-corrected chi connectivity index (χ1v) is 7.94. The van der Waals surface area contributed by atoms with Crippen molar-refractivity contribution in [3.05, 3.63) is 22.4 Å². The lowest BCUT2D eigenvalue weighted by atomic mass is 9.87. The summed E-state index contributed by atoms with van der Waals surface area (Å²) in [7, 11) is 0. The molecule has 2 heterocycles. The molecule has 1 aromatic heterocycles. The van der Waals surface area contributed by atoms with E-state index in [1.54, 1.807) is 4.90 Å². The molecule has 0 unspecified atom stereocenters. The molecule has 2 atom stereocenters. The van der Waals surface area contributed by atoms with Crippen LogP contribution in [0.5, 0.6) is 0 Å². The van der Waals surface area contributed by atoms with E-state index >= 15 is 0 Å². The predicted molar refractivity (Wildman–Crippen MR) is 78.6 cm³/mol. The second-order valence-corrected chi connectivity index (χ2v) is 6.69. The van der Waals surface area contributed by atoms with Crippen LogP contribution in [0.25, 0.3) is 0 Å². The van der Waals surface area contributed by atoms with Gasteiger partial charge in [0, 0.05) is 17.8 Å². The molecule has 0 bridgehead atoms. The zero-order valence-electron chi connectivity index (χ0n) is 11.9. The van der Waals surface area contributed by atoms with E-state index < -0.39 is 11.9 Å². The molecule has 1 amide bonds. The highest BCUT2D eigenvalue weighted by Gasteiger charge is 2.40. The Kier molecular flexibility index (Phi) is 4.81. The van der Waals surface area contributed by atoms with Gasteiger partial charge >= 0.3 is 5.97 Å². The number of thiophene rings is 1. The lowest BCUT2D eigenvalue weighted by molar-refractivity contribution is -0.152. The second kappa shape index (κ2) is 6.39. The van der Waals surface area contributed by atoms with Gasteiger partial charge in [-0.15, -0.1) is 11.3 Å². The molecule has 1 aliphatic rings. The summed E-state index contributed by atoms with van der Waals surface area (Å²) in [6.07, 6.45) is 1.69. The number of rotatable bonds is 5. The average molecular weight is 295 g/mol. The number of likely N-dealkylation sites (tertiary alicyclic amines) is 1. The Balaban J connectivity index is 2.27. The number of hydrogen-bond acceptors (Lipinski definition) is 3. The van der Waals surface area contributed by atoms with E-state index in [9.17, 15) is 14.7 Å². The molecule has 1 aliphatic heterocycles. The fourth-order valence-corrected chi connectivity index (χ4v) is 3.59. The number of hydrogen-bond donors (Lipinski definition) is 1. The topological polar surface area (TPSA) is 57.6 Å². The molecule has 110 valence electrons. The normalized spacial score (nSPS) is 23.4. The lowest BCUT2D eigenvalue weighted by Crippen LogP contribution is -2.45. The molecule has 0 radical (unpaired) electrons. The lowest BCUT2D eigenvalue weighted by Gasteiger charge is -2.39. The maximum Gasteiger partial charge on any atom is 0.308 e. The van der Waals surface area contributed by atoms with Gasteiger partial charge in [-0.05, 0) is 30.2 Å². The van der Waals surface area contributed by atoms with Crippen molar-refractivity contribution >= 4 is 23.2 Å². The van der Waals surface area contributed by atoms with Gasteiger partial charge in [-0.1, -0.05) is 19.9 Å². The quantitative estimate of drug-likeness (QED) is 0.907. The fourth-order valence-electron chi connectivity index (χ4n) is 2.68. The Morgan fingerprint density at radius 2 is 2.30 bits per heavy atom. The second-order valence-electron chi connectivity index (χ2n) is 5.71. The van der Waals surface area contributed by atoms with Crippen LogP contribution in [0.1, 0.15) is 44.0 Å². The highest BCUT2D eigenvalue weighted by Crippen LogP contribution is 2.39. The van der Waals surface area contributed by atoms with Gasteiger partial charge in [0.2, 0.25) is 5.91 Å². The van der Waals surface area contributed by atoms with E-state index in [2.05, 4.69) is 13.8 Å². The van der Waals surface area contributed by atoms with E-state index in [1.807, 2.05) is 17.5 Å². The van der Waals surface area contributed by atoms with Crippen LogP contribution in [0.4, 0.5) is 0 Å². The third kappa shape index (κ3) is 3.20. The molecule has 20 heavy (non-hydrogen) atoms. The number of piperidine rings is 1. The molecular formula is C15H21NO3S. The molecule has 5 heteroatoms. The molecule has 0 spiro atoms. The van der Waals surface area contributed by atoms with Crippen LogP contribution in [0.2, 0.25) is 0 Å². The Labute approximate surface area is 123 Å². The molecule has 4 nitrogen and oxygen atoms in total. The molecule has 2 rings (SSSR count). The Morgan fingerprint density at radius 3 is 2.85 bits per heavy atom. The van der Waals surface area contributed by atoms with E-state index in [-0.39, 0.29) is 11.9 Å². The number of aliphatic carboxylic acids is 1. The molecule has 1 aromatic rings. The summed E-state index contributed by atoms with van der Waals surface area (Å²) in [4.78, 5) is 26.5. The summed E-state index contributed by atoms with van der Waals surface area (Å²) in [6, 6.07) is 3.55. The molecule has 0 saturated carbocycles. The maximum atomic E-state index is 12.2. The first-order valence-electron chi connectivity index (χ1n) is 7.06. The van der Waals surface area contributed by atoms with Crippen LogP contribution in [-0.4, -0.2) is 28.4 Å². The van der Waals surface area contributed by atoms with Crippen molar-refractivity contribution in [1.29, 1.82) is 0 Å². The summed E-state index contributed by atoms with van der Waals surface area (Å²) < 4.78 is 0. The predicted octanol–water partition coefficient (Wildman–Crippen LogP) is 3.16. The van der Waals surface area contributed by atoms with Crippen LogP contribution < -0.4 is 0 Å². The third-order valence-electron chi connectivity index (χ3n) is 3.81. The van der Waals surface area contributed by atoms with Crippen LogP contribution in [0.15, 0.2) is 17.5 Å². The third-order valence-corrected chi connectivity index (χ3v) is 4.75. The van der Waals surface area contributed by atoms with E-state index in [4.69, 9.17) is 0 Å². The summed E-state index contributed by atoms with van der Waals surface area (Å²) >= 11 is 1.53. The zero-order chi connectivity index (χ0) is 14.7. The minimum absolute atomic E-state index is 0.0848. The minimum atomic E-state index is -0.801. The van der Waals surface area contributed by atoms with E-state index in [0.29, 0.717) is 25.3 Å². The van der Waals surface area contributed by atoms with Gasteiger partial charge in [0.15, 0.2) is 0 Å². The standard InChI is InChI=1S/C15H21NO3S/c1-10(2)7-8-16-13(17)6-5-11(15(18)19)14(16)12-4-3-9-20-12/h3-4,9-11,14H,5-8H2,1-2H3,(H,18,19)/t11-,14+/m0/s1. The SMILES string of the molecule is CC(C)CCN1C(=O)CC[C@H](C(=O)O)[C@@H]1c1cccs1. The number of amides is 1. The first-order chi connectivity index (χ1) is 9.50. The zero-order valence-corrected chi connectivity index (χ0v) is 12.7. The fraction of sp³-hybridized carbons (Fsp3) is 0.600. The van der Waals surface area contributed by atoms with Crippen LogP contribution in [0.3, 0.4) is 0 Å². The van der Waals surface area contributed by atoms with Crippen LogP contribution in [-0.2, 0) is 9.59 Å². The van der Waals surface area contributed by atoms with Gasteiger partial charge in [0.1, 0.15) is 0 Å². The number of carbonyl (C=O) groups excluding carboxylic acids is 1. The van der Waals surface area contributed by atoms with Gasteiger partial charge in [-0.3, -0.25) is 9.59 Å². The van der Waals surface area contributed by atoms with Crippen LogP contribution in [0, 0.1) is 11.8 Å². The average Bonchev–Trinajstić information content (AvgIpc) is 2.89.